The monoisotopic (exact) mass is 331 g/mol. The molecule has 1 amide bonds. The number of H-pyrrole nitrogens is 1. The largest absolute Gasteiger partial charge is 0.481 e. The quantitative estimate of drug-likeness (QED) is 0.659. The molecule has 0 saturated carbocycles. The van der Waals surface area contributed by atoms with Gasteiger partial charge in [-0.25, -0.2) is 0 Å². The third kappa shape index (κ3) is 3.08. The van der Waals surface area contributed by atoms with Crippen molar-refractivity contribution in [2.24, 2.45) is 5.92 Å². The number of aliphatic carboxylic acids is 1. The smallest absolute Gasteiger partial charge is 0.303 e. The van der Waals surface area contributed by atoms with Crippen LogP contribution in [0.2, 0.25) is 0 Å². The van der Waals surface area contributed by atoms with Gasteiger partial charge in [-0.15, -0.1) is 0 Å². The van der Waals surface area contributed by atoms with Gasteiger partial charge >= 0.3 is 5.97 Å². The van der Waals surface area contributed by atoms with Crippen LogP contribution in [-0.2, 0) is 4.79 Å². The van der Waals surface area contributed by atoms with Crippen LogP contribution in [0.4, 0.5) is 5.69 Å². The fourth-order valence-corrected chi connectivity index (χ4v) is 3.16. The third-order valence-corrected chi connectivity index (χ3v) is 4.47. The number of rotatable bonds is 4. The summed E-state index contributed by atoms with van der Waals surface area (Å²) in [5.41, 5.74) is 1.02. The molecule has 2 aromatic rings. The number of nitro groups is 1. The first-order valence-corrected chi connectivity index (χ1v) is 7.72. The van der Waals surface area contributed by atoms with Crippen LogP contribution in [0.1, 0.15) is 29.6 Å². The molecule has 1 aromatic carbocycles. The van der Waals surface area contributed by atoms with Crippen LogP contribution < -0.4 is 0 Å². The molecule has 0 atom stereocenters. The van der Waals surface area contributed by atoms with Gasteiger partial charge < -0.3 is 15.0 Å². The Bertz CT molecular complexity index is 805. The summed E-state index contributed by atoms with van der Waals surface area (Å²) in [5.74, 6) is -0.908. The molecular formula is C16H17N3O5. The third-order valence-electron chi connectivity index (χ3n) is 4.47. The summed E-state index contributed by atoms with van der Waals surface area (Å²) in [5, 5.41) is 20.3. The predicted octanol–water partition coefficient (Wildman–Crippen LogP) is 2.40. The van der Waals surface area contributed by atoms with Crippen molar-refractivity contribution in [3.05, 3.63) is 40.1 Å². The van der Waals surface area contributed by atoms with Crippen molar-refractivity contribution in [2.75, 3.05) is 13.1 Å². The zero-order valence-corrected chi connectivity index (χ0v) is 12.9. The zero-order chi connectivity index (χ0) is 17.3. The maximum Gasteiger partial charge on any atom is 0.303 e. The maximum atomic E-state index is 12.7. The summed E-state index contributed by atoms with van der Waals surface area (Å²) in [6.07, 6.45) is 3.00. The Morgan fingerprint density at radius 1 is 1.33 bits per heavy atom. The molecular weight excluding hydrogens is 314 g/mol. The average molecular weight is 331 g/mol. The molecule has 1 saturated heterocycles. The van der Waals surface area contributed by atoms with Gasteiger partial charge in [0.15, 0.2) is 0 Å². The van der Waals surface area contributed by atoms with E-state index in [4.69, 9.17) is 5.11 Å². The first-order chi connectivity index (χ1) is 11.5. The number of carboxylic acid groups (broad SMARTS) is 1. The number of likely N-dealkylation sites (tertiary alicyclic amines) is 1. The van der Waals surface area contributed by atoms with E-state index in [1.54, 1.807) is 17.2 Å². The van der Waals surface area contributed by atoms with Gasteiger partial charge in [-0.05, 0) is 24.8 Å². The molecule has 0 spiro atoms. The Balaban J connectivity index is 1.78. The minimum absolute atomic E-state index is 0.0590. The van der Waals surface area contributed by atoms with Gasteiger partial charge in [0, 0.05) is 48.7 Å². The molecule has 126 valence electrons. The molecule has 0 radical (unpaired) electrons. The summed E-state index contributed by atoms with van der Waals surface area (Å²) < 4.78 is 0. The van der Waals surface area contributed by atoms with E-state index in [9.17, 15) is 19.7 Å². The number of aromatic nitrogens is 1. The van der Waals surface area contributed by atoms with Gasteiger partial charge in [-0.2, -0.15) is 0 Å². The first kappa shape index (κ1) is 16.0. The summed E-state index contributed by atoms with van der Waals surface area (Å²) >= 11 is 0. The van der Waals surface area contributed by atoms with Gasteiger partial charge in [-0.1, -0.05) is 0 Å². The number of carbonyl (C=O) groups is 2. The summed E-state index contributed by atoms with van der Waals surface area (Å²) in [6, 6.07) is 4.38. The van der Waals surface area contributed by atoms with Crippen LogP contribution in [0.5, 0.6) is 0 Å². The molecule has 1 aromatic heterocycles. The zero-order valence-electron chi connectivity index (χ0n) is 12.9. The lowest BCUT2D eigenvalue weighted by Crippen LogP contribution is -2.38. The highest BCUT2D eigenvalue weighted by molar-refractivity contribution is 6.07. The number of nitrogens with zero attached hydrogens (tertiary/aromatic N) is 2. The molecule has 0 unspecified atom stereocenters. The van der Waals surface area contributed by atoms with Crippen LogP contribution >= 0.6 is 0 Å². The van der Waals surface area contributed by atoms with E-state index in [1.807, 2.05) is 0 Å². The SMILES string of the molecule is O=C(O)CC1CCN(C(=O)c2c[nH]c3ccc([N+](=O)[O-])cc23)CC1. The Hall–Kier alpha value is -2.90. The maximum absolute atomic E-state index is 12.7. The van der Waals surface area contributed by atoms with Crippen LogP contribution in [0.3, 0.4) is 0 Å². The number of nitro benzene ring substituents is 1. The van der Waals surface area contributed by atoms with Crippen molar-refractivity contribution in [1.82, 2.24) is 9.88 Å². The molecule has 3 rings (SSSR count). The van der Waals surface area contributed by atoms with E-state index < -0.39 is 10.9 Å². The van der Waals surface area contributed by atoms with Crippen molar-refractivity contribution in [3.63, 3.8) is 0 Å². The van der Waals surface area contributed by atoms with Crippen molar-refractivity contribution in [3.8, 4) is 0 Å². The molecule has 1 fully saturated rings. The summed E-state index contributed by atoms with van der Waals surface area (Å²) in [6.45, 7) is 0.997. The number of non-ortho nitro benzene ring substituents is 1. The molecule has 8 heteroatoms. The van der Waals surface area contributed by atoms with Crippen LogP contribution in [0, 0.1) is 16.0 Å². The van der Waals surface area contributed by atoms with Crippen LogP contribution in [0.25, 0.3) is 10.9 Å². The standard InChI is InChI=1S/C16H17N3O5/c20-15(21)7-10-3-5-18(6-4-10)16(22)13-9-17-14-2-1-11(19(23)24)8-12(13)14/h1-2,8-10,17H,3-7H2,(H,20,21). The van der Waals surface area contributed by atoms with E-state index in [0.717, 1.165) is 0 Å². The Morgan fingerprint density at radius 2 is 2.04 bits per heavy atom. The van der Waals surface area contributed by atoms with E-state index >= 15 is 0 Å². The van der Waals surface area contributed by atoms with Gasteiger partial charge in [-0.3, -0.25) is 19.7 Å². The highest BCUT2D eigenvalue weighted by Crippen LogP contribution is 2.27. The second-order valence-electron chi connectivity index (χ2n) is 6.02. The molecule has 0 aliphatic carbocycles. The first-order valence-electron chi connectivity index (χ1n) is 7.72. The Kier molecular flexibility index (Phi) is 4.20. The molecule has 0 bridgehead atoms. The van der Waals surface area contributed by atoms with Gasteiger partial charge in [0.25, 0.3) is 11.6 Å². The Morgan fingerprint density at radius 3 is 2.67 bits per heavy atom. The molecule has 1 aliphatic heterocycles. The number of fused-ring (bicyclic) bond motifs is 1. The number of aromatic amines is 1. The van der Waals surface area contributed by atoms with E-state index in [1.165, 1.54) is 12.1 Å². The topological polar surface area (TPSA) is 117 Å². The van der Waals surface area contributed by atoms with E-state index in [0.29, 0.717) is 42.4 Å². The van der Waals surface area contributed by atoms with Crippen LogP contribution in [0.15, 0.2) is 24.4 Å². The minimum atomic E-state index is -0.816. The molecule has 1 aliphatic rings. The summed E-state index contributed by atoms with van der Waals surface area (Å²) in [7, 11) is 0. The number of carboxylic acids is 1. The lowest BCUT2D eigenvalue weighted by atomic mass is 9.93. The van der Waals surface area contributed by atoms with E-state index in [2.05, 4.69) is 4.98 Å². The highest BCUT2D eigenvalue weighted by atomic mass is 16.6. The van der Waals surface area contributed by atoms with Gasteiger partial charge in [0.2, 0.25) is 0 Å². The second kappa shape index (κ2) is 6.31. The number of amides is 1. The molecule has 24 heavy (non-hydrogen) atoms. The summed E-state index contributed by atoms with van der Waals surface area (Å²) in [4.78, 5) is 38.5. The number of piperidine rings is 1. The van der Waals surface area contributed by atoms with E-state index in [-0.39, 0.29) is 23.9 Å². The number of nitrogens with one attached hydrogen (secondary N) is 1. The number of benzene rings is 1. The number of carbonyl (C=O) groups excluding carboxylic acids is 1. The number of hydrogen-bond acceptors (Lipinski definition) is 4. The molecule has 2 heterocycles. The van der Waals surface area contributed by atoms with Crippen LogP contribution in [-0.4, -0.2) is 44.9 Å². The molecule has 2 N–H and O–H groups in total. The lowest BCUT2D eigenvalue weighted by molar-refractivity contribution is -0.384. The van der Waals surface area contributed by atoms with Crippen molar-refractivity contribution in [1.29, 1.82) is 0 Å². The normalized spacial score (nSPS) is 15.6. The van der Waals surface area contributed by atoms with Crippen molar-refractivity contribution < 1.29 is 19.6 Å². The second-order valence-corrected chi connectivity index (χ2v) is 6.02. The highest BCUT2D eigenvalue weighted by Gasteiger charge is 2.26. The Labute approximate surface area is 137 Å². The lowest BCUT2D eigenvalue weighted by Gasteiger charge is -2.31. The fraction of sp³-hybridized carbons (Fsp3) is 0.375. The van der Waals surface area contributed by atoms with Crippen molar-refractivity contribution in [2.45, 2.75) is 19.3 Å². The van der Waals surface area contributed by atoms with Gasteiger partial charge in [0.05, 0.1) is 10.5 Å². The predicted molar refractivity (Wildman–Crippen MR) is 85.8 cm³/mol. The average Bonchev–Trinajstić information content (AvgIpc) is 2.97. The molecule has 8 nitrogen and oxygen atoms in total. The fourth-order valence-electron chi connectivity index (χ4n) is 3.16. The van der Waals surface area contributed by atoms with Gasteiger partial charge in [0.1, 0.15) is 0 Å². The number of hydrogen-bond donors (Lipinski definition) is 2. The van der Waals surface area contributed by atoms with Crippen molar-refractivity contribution >= 4 is 28.5 Å². The minimum Gasteiger partial charge on any atom is -0.481 e.